The maximum absolute atomic E-state index is 12.9. The summed E-state index contributed by atoms with van der Waals surface area (Å²) in [7, 11) is 0. The zero-order chi connectivity index (χ0) is 18.1. The third kappa shape index (κ3) is 4.10. The van der Waals surface area contributed by atoms with Gasteiger partial charge in [-0.25, -0.2) is 0 Å². The lowest BCUT2D eigenvalue weighted by molar-refractivity contribution is -0.388. The average Bonchev–Trinajstić information content (AvgIpc) is 2.43. The number of carbonyl (C=O) groups is 1. The second kappa shape index (κ2) is 6.86. The molecule has 1 saturated carbocycles. The number of halogens is 6. The summed E-state index contributed by atoms with van der Waals surface area (Å²) in [4.78, 5) is 11.7. The van der Waals surface area contributed by atoms with E-state index in [-0.39, 0.29) is 12.8 Å². The Kier molecular flexibility index (Phi) is 5.98. The Bertz CT molecular complexity index is 404. The molecule has 1 rings (SSSR count). The summed E-state index contributed by atoms with van der Waals surface area (Å²) in [5.74, 6) is -3.23. The smallest absolute Gasteiger partial charge is 0.426 e. The molecule has 1 aliphatic carbocycles. The molecule has 1 fully saturated rings. The summed E-state index contributed by atoms with van der Waals surface area (Å²) in [5, 5.41) is 9.43. The lowest BCUT2D eigenvalue weighted by Gasteiger charge is -2.42. The number of aliphatic hydroxyl groups is 1. The highest BCUT2D eigenvalue weighted by molar-refractivity contribution is 5.72. The molecule has 9 heteroatoms. The van der Waals surface area contributed by atoms with E-state index in [0.717, 1.165) is 0 Å². The van der Waals surface area contributed by atoms with Crippen LogP contribution in [0.2, 0.25) is 0 Å². The van der Waals surface area contributed by atoms with Crippen molar-refractivity contribution in [1.82, 2.24) is 0 Å². The third-order valence-electron chi connectivity index (χ3n) is 4.38. The van der Waals surface area contributed by atoms with E-state index in [9.17, 15) is 36.2 Å². The van der Waals surface area contributed by atoms with Crippen LogP contribution in [0.25, 0.3) is 0 Å². The monoisotopic (exact) mass is 350 g/mol. The number of hydrogen-bond donors (Lipinski definition) is 1. The third-order valence-corrected chi connectivity index (χ3v) is 4.38. The molecule has 0 spiro atoms. The van der Waals surface area contributed by atoms with Gasteiger partial charge in [0.1, 0.15) is 6.10 Å². The molecule has 0 saturated heterocycles. The Hall–Kier alpha value is -0.990. The SMILES string of the molecule is CCC(C)C(=O)OC1CCCC(C(O)(C(F)(F)F)C(F)(F)F)C1. The highest BCUT2D eigenvalue weighted by Crippen LogP contribution is 2.51. The summed E-state index contributed by atoms with van der Waals surface area (Å²) in [6.45, 7) is 3.27. The predicted molar refractivity (Wildman–Crippen MR) is 68.4 cm³/mol. The van der Waals surface area contributed by atoms with Crippen molar-refractivity contribution in [2.45, 2.75) is 70.0 Å². The van der Waals surface area contributed by atoms with Crippen LogP contribution in [0.4, 0.5) is 26.3 Å². The Labute approximate surface area is 130 Å². The second-order valence-electron chi connectivity index (χ2n) is 5.99. The highest BCUT2D eigenvalue weighted by atomic mass is 19.4. The first kappa shape index (κ1) is 20.1. The molecule has 0 aromatic heterocycles. The normalized spacial score (nSPS) is 25.1. The van der Waals surface area contributed by atoms with Crippen molar-refractivity contribution in [3.63, 3.8) is 0 Å². The van der Waals surface area contributed by atoms with Gasteiger partial charge < -0.3 is 9.84 Å². The zero-order valence-corrected chi connectivity index (χ0v) is 12.8. The van der Waals surface area contributed by atoms with Crippen LogP contribution < -0.4 is 0 Å². The topological polar surface area (TPSA) is 46.5 Å². The first-order valence-electron chi connectivity index (χ1n) is 7.40. The fourth-order valence-corrected chi connectivity index (χ4v) is 2.70. The minimum Gasteiger partial charge on any atom is -0.462 e. The maximum Gasteiger partial charge on any atom is 0.426 e. The first-order valence-corrected chi connectivity index (χ1v) is 7.40. The standard InChI is InChI=1S/C14H20F6O3/c1-3-8(2)11(21)23-10-6-4-5-9(7-10)12(22,13(15,16)17)14(18,19)20/h8-10,22H,3-7H2,1-2H3. The fourth-order valence-electron chi connectivity index (χ4n) is 2.70. The molecule has 1 aliphatic rings. The Morgan fingerprint density at radius 1 is 1.17 bits per heavy atom. The van der Waals surface area contributed by atoms with E-state index in [1.807, 2.05) is 0 Å². The van der Waals surface area contributed by atoms with Gasteiger partial charge in [0, 0.05) is 5.92 Å². The van der Waals surface area contributed by atoms with Gasteiger partial charge in [-0.15, -0.1) is 0 Å². The van der Waals surface area contributed by atoms with Crippen molar-refractivity contribution in [3.05, 3.63) is 0 Å². The van der Waals surface area contributed by atoms with Gasteiger partial charge in [0.05, 0.1) is 5.92 Å². The van der Waals surface area contributed by atoms with E-state index < -0.39 is 54.7 Å². The maximum atomic E-state index is 12.9. The fraction of sp³-hybridized carbons (Fsp3) is 0.929. The van der Waals surface area contributed by atoms with Gasteiger partial charge >= 0.3 is 18.3 Å². The molecular weight excluding hydrogens is 330 g/mol. The van der Waals surface area contributed by atoms with Gasteiger partial charge in [-0.1, -0.05) is 13.8 Å². The number of carbonyl (C=O) groups excluding carboxylic acids is 1. The molecule has 136 valence electrons. The van der Waals surface area contributed by atoms with Gasteiger partial charge in [-0.2, -0.15) is 26.3 Å². The molecule has 0 heterocycles. The molecule has 3 atom stereocenters. The van der Waals surface area contributed by atoms with Crippen LogP contribution in [-0.4, -0.2) is 35.1 Å². The lowest BCUT2D eigenvalue weighted by Crippen LogP contribution is -2.62. The number of hydrogen-bond acceptors (Lipinski definition) is 3. The highest BCUT2D eigenvalue weighted by Gasteiger charge is 2.73. The minimum atomic E-state index is -5.85. The van der Waals surface area contributed by atoms with Crippen molar-refractivity contribution >= 4 is 5.97 Å². The number of rotatable bonds is 4. The van der Waals surface area contributed by atoms with Crippen LogP contribution >= 0.6 is 0 Å². The molecule has 3 nitrogen and oxygen atoms in total. The Morgan fingerprint density at radius 2 is 1.70 bits per heavy atom. The van der Waals surface area contributed by atoms with Crippen LogP contribution in [0, 0.1) is 11.8 Å². The number of ether oxygens (including phenoxy) is 1. The van der Waals surface area contributed by atoms with E-state index in [1.54, 1.807) is 13.8 Å². The van der Waals surface area contributed by atoms with Crippen molar-refractivity contribution in [1.29, 1.82) is 0 Å². The van der Waals surface area contributed by atoms with Crippen LogP contribution in [0.3, 0.4) is 0 Å². The summed E-state index contributed by atoms with van der Waals surface area (Å²) in [5.41, 5.74) is -4.79. The summed E-state index contributed by atoms with van der Waals surface area (Å²) in [6, 6.07) is 0. The molecule has 1 N–H and O–H groups in total. The summed E-state index contributed by atoms with van der Waals surface area (Å²) < 4.78 is 82.3. The number of alkyl halides is 6. The molecule has 0 aliphatic heterocycles. The molecule has 0 aromatic carbocycles. The van der Waals surface area contributed by atoms with E-state index in [4.69, 9.17) is 4.74 Å². The van der Waals surface area contributed by atoms with Crippen molar-refractivity contribution in [2.75, 3.05) is 0 Å². The van der Waals surface area contributed by atoms with Gasteiger partial charge in [-0.05, 0) is 32.1 Å². The molecule has 0 bridgehead atoms. The molecule has 3 unspecified atom stereocenters. The number of esters is 1. The molecule has 0 radical (unpaired) electrons. The van der Waals surface area contributed by atoms with Gasteiger partial charge in [0.15, 0.2) is 0 Å². The summed E-state index contributed by atoms with van der Waals surface area (Å²) >= 11 is 0. The van der Waals surface area contributed by atoms with Crippen LogP contribution in [-0.2, 0) is 9.53 Å². The van der Waals surface area contributed by atoms with Crippen LogP contribution in [0.1, 0.15) is 46.0 Å². The predicted octanol–water partition coefficient (Wildman–Crippen LogP) is 3.99. The van der Waals surface area contributed by atoms with Gasteiger partial charge in [0.2, 0.25) is 0 Å². The van der Waals surface area contributed by atoms with E-state index in [1.165, 1.54) is 0 Å². The lowest BCUT2D eigenvalue weighted by atomic mass is 9.74. The first-order chi connectivity index (χ1) is 10.3. The Balaban J connectivity index is 2.93. The summed E-state index contributed by atoms with van der Waals surface area (Å²) in [6.07, 6.45) is -13.2. The van der Waals surface area contributed by atoms with Gasteiger partial charge in [0.25, 0.3) is 5.60 Å². The largest absolute Gasteiger partial charge is 0.462 e. The Morgan fingerprint density at radius 3 is 2.13 bits per heavy atom. The molecular formula is C14H20F6O3. The molecule has 0 aromatic rings. The van der Waals surface area contributed by atoms with Crippen molar-refractivity contribution in [3.8, 4) is 0 Å². The second-order valence-corrected chi connectivity index (χ2v) is 5.99. The van der Waals surface area contributed by atoms with E-state index in [0.29, 0.717) is 6.42 Å². The minimum absolute atomic E-state index is 0.0115. The van der Waals surface area contributed by atoms with E-state index >= 15 is 0 Å². The van der Waals surface area contributed by atoms with Gasteiger partial charge in [-0.3, -0.25) is 4.79 Å². The zero-order valence-electron chi connectivity index (χ0n) is 12.8. The molecule has 23 heavy (non-hydrogen) atoms. The van der Waals surface area contributed by atoms with Crippen LogP contribution in [0.5, 0.6) is 0 Å². The van der Waals surface area contributed by atoms with Crippen LogP contribution in [0.15, 0.2) is 0 Å². The average molecular weight is 350 g/mol. The molecule has 0 amide bonds. The quantitative estimate of drug-likeness (QED) is 0.616. The van der Waals surface area contributed by atoms with Crippen molar-refractivity contribution < 1.29 is 41.0 Å². The van der Waals surface area contributed by atoms with E-state index in [2.05, 4.69) is 0 Å². The van der Waals surface area contributed by atoms with Crippen molar-refractivity contribution in [2.24, 2.45) is 11.8 Å².